The van der Waals surface area contributed by atoms with Gasteiger partial charge in [-0.2, -0.15) is 173 Å². The number of halogens is 34. The summed E-state index contributed by atoms with van der Waals surface area (Å²) in [5, 5.41) is 13.8. The maximum atomic E-state index is 14.1. The lowest BCUT2D eigenvalue weighted by atomic mass is 9.88. The van der Waals surface area contributed by atoms with Crippen molar-refractivity contribution in [3.05, 3.63) is 0 Å². The van der Waals surface area contributed by atoms with Gasteiger partial charge < -0.3 is 10.2 Å². The highest BCUT2D eigenvalue weighted by atomic mass is 32.2. The summed E-state index contributed by atoms with van der Waals surface area (Å²) in [6.07, 6.45) is -22.5. The van der Waals surface area contributed by atoms with Crippen LogP contribution in [-0.4, -0.2) is 141 Å². The Hall–Kier alpha value is -1.76. The summed E-state index contributed by atoms with van der Waals surface area (Å²) in [4.78, 5) is 0. The van der Waals surface area contributed by atoms with Gasteiger partial charge in [0, 0.05) is 23.3 Å². The van der Waals surface area contributed by atoms with Crippen molar-refractivity contribution in [2.45, 2.75) is 119 Å². The van der Waals surface area contributed by atoms with Gasteiger partial charge in [-0.05, 0) is 11.5 Å². The van der Waals surface area contributed by atoms with E-state index in [9.17, 15) is 159 Å². The molecule has 374 valence electrons. The molecular formula is C24H16F34O2S2. The van der Waals surface area contributed by atoms with E-state index in [1.807, 2.05) is 0 Å². The zero-order valence-corrected chi connectivity index (χ0v) is 29.6. The molecule has 0 aliphatic rings. The van der Waals surface area contributed by atoms with Crippen molar-refractivity contribution < 1.29 is 159 Å². The second-order valence-corrected chi connectivity index (χ2v) is 14.7. The van der Waals surface area contributed by atoms with Crippen molar-refractivity contribution in [2.24, 2.45) is 0 Å². The van der Waals surface area contributed by atoms with Gasteiger partial charge >= 0.3 is 95.3 Å². The topological polar surface area (TPSA) is 40.5 Å². The maximum Gasteiger partial charge on any atom is 0.460 e. The van der Waals surface area contributed by atoms with Crippen molar-refractivity contribution in [2.75, 3.05) is 24.7 Å². The van der Waals surface area contributed by atoms with Crippen LogP contribution in [0.15, 0.2) is 0 Å². The minimum atomic E-state index is -8.99. The van der Waals surface area contributed by atoms with Gasteiger partial charge in [-0.25, -0.2) is 0 Å². The average molecular weight is 1050 g/mol. The van der Waals surface area contributed by atoms with Crippen molar-refractivity contribution in [1.29, 1.82) is 0 Å². The Bertz CT molecular complexity index is 1390. The Kier molecular flexibility index (Phi) is 16.7. The monoisotopic (exact) mass is 1050 g/mol. The van der Waals surface area contributed by atoms with Gasteiger partial charge in [0.15, 0.2) is 0 Å². The highest BCUT2D eigenvalue weighted by Gasteiger charge is 2.96. The molecule has 62 heavy (non-hydrogen) atoms. The van der Waals surface area contributed by atoms with Crippen LogP contribution < -0.4 is 0 Å². The third-order valence-electron chi connectivity index (χ3n) is 7.84. The molecule has 0 spiro atoms. The maximum absolute atomic E-state index is 14.1. The number of rotatable bonds is 23. The van der Waals surface area contributed by atoms with Crippen LogP contribution in [0.4, 0.5) is 149 Å². The Balaban J connectivity index is 6.33. The number of thioether (sulfide) groups is 2. The highest BCUT2D eigenvalue weighted by molar-refractivity contribution is 8.03. The van der Waals surface area contributed by atoms with E-state index in [1.165, 1.54) is 0 Å². The van der Waals surface area contributed by atoms with Gasteiger partial charge in [0.1, 0.15) is 0 Å². The summed E-state index contributed by atoms with van der Waals surface area (Å²) in [5.74, 6) is -123. The van der Waals surface area contributed by atoms with Gasteiger partial charge in [0.2, 0.25) is 0 Å². The summed E-state index contributed by atoms with van der Waals surface area (Å²) in [6, 6.07) is 0. The average Bonchev–Trinajstić information content (AvgIpc) is 3.06. The van der Waals surface area contributed by atoms with E-state index >= 15 is 0 Å². The molecule has 0 aromatic carbocycles. The molecule has 2 atom stereocenters. The SMILES string of the molecule is OCC(SCCC(F)(F)C(F)(F)C(F)(F)C(F)(F)C(F)(F)C(F)(F)C(F)(F)C(F)(F)F)C(CO)SCCC(F)(F)C(F)(F)C(F)(F)C(F)(F)C(F)(F)C(F)(F)C(F)(F)C(F)(F)F. The standard InChI is InChI=1S/C24H16F34O2S2/c25-9(26,11(29,30)13(33,34)15(37,38)17(41,42)19(45,46)21(49,50)23(53,54)55)1-3-61-7(5-59)8(6-60)62-4-2-10(27,28)12(31,32)14(35,36)16(39,40)18(43,44)20(47,48)22(51,52)24(56,57)58/h7-8,59-60H,1-6H2. The smallest absolute Gasteiger partial charge is 0.395 e. The van der Waals surface area contributed by atoms with Gasteiger partial charge in [-0.15, -0.1) is 0 Å². The molecule has 0 bridgehead atoms. The zero-order valence-electron chi connectivity index (χ0n) is 28.0. The minimum Gasteiger partial charge on any atom is -0.395 e. The van der Waals surface area contributed by atoms with E-state index in [-0.39, 0.29) is 0 Å². The lowest BCUT2D eigenvalue weighted by molar-refractivity contribution is -0.461. The third kappa shape index (κ3) is 8.92. The van der Waals surface area contributed by atoms with E-state index in [0.717, 1.165) is 0 Å². The fraction of sp³-hybridized carbons (Fsp3) is 1.00. The lowest BCUT2D eigenvalue weighted by Gasteiger charge is -2.43. The molecule has 2 unspecified atom stereocenters. The molecule has 0 aromatic heterocycles. The molecule has 0 fully saturated rings. The fourth-order valence-corrected chi connectivity index (χ4v) is 6.58. The first kappa shape index (κ1) is 60.2. The number of aliphatic hydroxyl groups excluding tert-OH is 2. The predicted octanol–water partition coefficient (Wildman–Crippen LogP) is 12.0. The number of aliphatic hydroxyl groups is 2. The van der Waals surface area contributed by atoms with Crippen LogP contribution in [0.3, 0.4) is 0 Å². The molecule has 0 heterocycles. The summed E-state index contributed by atoms with van der Waals surface area (Å²) in [6.45, 7) is -3.62. The first-order valence-electron chi connectivity index (χ1n) is 14.5. The second kappa shape index (κ2) is 17.2. The molecule has 0 amide bonds. The summed E-state index contributed by atoms with van der Waals surface area (Å²) >= 11 is -1.42. The van der Waals surface area contributed by atoms with Crippen molar-refractivity contribution in [3.8, 4) is 0 Å². The largest absolute Gasteiger partial charge is 0.460 e. The van der Waals surface area contributed by atoms with Crippen molar-refractivity contribution >= 4 is 23.5 Å². The molecule has 2 N–H and O–H groups in total. The Morgan fingerprint density at radius 2 is 0.419 bits per heavy atom. The van der Waals surface area contributed by atoms with E-state index in [1.54, 1.807) is 0 Å². The van der Waals surface area contributed by atoms with Crippen LogP contribution in [0, 0.1) is 0 Å². The number of alkyl halides is 34. The van der Waals surface area contributed by atoms with Gasteiger partial charge in [-0.1, -0.05) is 0 Å². The van der Waals surface area contributed by atoms with Crippen LogP contribution in [0.1, 0.15) is 12.8 Å². The lowest BCUT2D eigenvalue weighted by Crippen LogP contribution is -2.74. The Morgan fingerprint density at radius 1 is 0.258 bits per heavy atom. The van der Waals surface area contributed by atoms with Crippen LogP contribution in [0.5, 0.6) is 0 Å². The van der Waals surface area contributed by atoms with Crippen molar-refractivity contribution in [3.63, 3.8) is 0 Å². The molecule has 0 aromatic rings. The number of hydrogen-bond acceptors (Lipinski definition) is 4. The van der Waals surface area contributed by atoms with Crippen LogP contribution in [0.25, 0.3) is 0 Å². The van der Waals surface area contributed by atoms with E-state index < -0.39 is 167 Å². The van der Waals surface area contributed by atoms with E-state index in [0.29, 0.717) is 0 Å². The van der Waals surface area contributed by atoms with E-state index in [2.05, 4.69) is 0 Å². The quantitative estimate of drug-likeness (QED) is 0.100. The molecule has 0 radical (unpaired) electrons. The van der Waals surface area contributed by atoms with Gasteiger partial charge in [0.25, 0.3) is 0 Å². The summed E-state index contributed by atoms with van der Waals surface area (Å²) < 4.78 is 456. The summed E-state index contributed by atoms with van der Waals surface area (Å²) in [7, 11) is 0. The second-order valence-electron chi connectivity index (χ2n) is 12.0. The number of hydrogen-bond donors (Lipinski definition) is 2. The van der Waals surface area contributed by atoms with Crippen LogP contribution >= 0.6 is 23.5 Å². The zero-order chi connectivity index (χ0) is 50.8. The van der Waals surface area contributed by atoms with Crippen molar-refractivity contribution in [1.82, 2.24) is 0 Å². The van der Waals surface area contributed by atoms with Crippen LogP contribution in [0.2, 0.25) is 0 Å². The fourth-order valence-electron chi connectivity index (χ4n) is 3.94. The molecule has 0 rings (SSSR count). The van der Waals surface area contributed by atoms with Gasteiger partial charge in [0.05, 0.1) is 13.2 Å². The first-order valence-corrected chi connectivity index (χ1v) is 16.6. The third-order valence-corrected chi connectivity index (χ3v) is 10.7. The van der Waals surface area contributed by atoms with Gasteiger partial charge in [-0.3, -0.25) is 0 Å². The molecule has 0 aliphatic carbocycles. The molecule has 0 saturated heterocycles. The summed E-state index contributed by atoms with van der Waals surface area (Å²) in [5.41, 5.74) is 0. The first-order chi connectivity index (χ1) is 26.6. The minimum absolute atomic E-state index is 0.708. The van der Waals surface area contributed by atoms with E-state index in [4.69, 9.17) is 0 Å². The van der Waals surface area contributed by atoms with Crippen LogP contribution in [-0.2, 0) is 0 Å². The predicted molar refractivity (Wildman–Crippen MR) is 137 cm³/mol. The molecule has 38 heteroatoms. The molecule has 0 aliphatic heterocycles. The molecular weight excluding hydrogens is 1030 g/mol. The highest BCUT2D eigenvalue weighted by Crippen LogP contribution is 2.66. The Labute approximate surface area is 327 Å². The Morgan fingerprint density at radius 3 is 0.581 bits per heavy atom. The molecule has 2 nitrogen and oxygen atoms in total. The normalized spacial score (nSPS) is 17.4. The molecule has 0 saturated carbocycles.